The highest BCUT2D eigenvalue weighted by molar-refractivity contribution is 5.42. The zero-order valence-corrected chi connectivity index (χ0v) is 12.8. The largest absolute Gasteiger partial charge is 0.493 e. The van der Waals surface area contributed by atoms with Gasteiger partial charge in [0, 0.05) is 13.1 Å². The van der Waals surface area contributed by atoms with E-state index in [1.54, 1.807) is 12.1 Å². The van der Waals surface area contributed by atoms with Gasteiger partial charge in [-0.1, -0.05) is 24.3 Å². The van der Waals surface area contributed by atoms with E-state index in [1.807, 2.05) is 30.3 Å². The fourth-order valence-electron chi connectivity index (χ4n) is 2.01. The average Bonchev–Trinajstić information content (AvgIpc) is 2.56. The predicted molar refractivity (Wildman–Crippen MR) is 83.3 cm³/mol. The summed E-state index contributed by atoms with van der Waals surface area (Å²) < 4.78 is 39.5. The first-order chi connectivity index (χ1) is 11.2. The Bertz CT molecular complexity index is 594. The number of hydrogen-bond donors (Lipinski definition) is 1. The summed E-state index contributed by atoms with van der Waals surface area (Å²) in [5.74, 6) is 1.13. The quantitative estimate of drug-likeness (QED) is 0.717. The Labute approximate surface area is 134 Å². The Balaban J connectivity index is 1.77. The predicted octanol–water partition coefficient (Wildman–Crippen LogP) is 3.47. The molecule has 0 radical (unpaired) electrons. The molecule has 2 aromatic rings. The zero-order valence-electron chi connectivity index (χ0n) is 12.8. The summed E-state index contributed by atoms with van der Waals surface area (Å²) >= 11 is 0. The molecule has 2 rings (SSSR count). The second-order valence-electron chi connectivity index (χ2n) is 4.70. The number of para-hydroxylation sites is 1. The second kappa shape index (κ2) is 8.95. The molecule has 0 saturated heterocycles. The van der Waals surface area contributed by atoms with Gasteiger partial charge in [-0.3, -0.25) is 0 Å². The summed E-state index contributed by atoms with van der Waals surface area (Å²) in [4.78, 5) is 0. The van der Waals surface area contributed by atoms with E-state index < -0.39 is 6.61 Å². The lowest BCUT2D eigenvalue weighted by Gasteiger charge is -2.12. The van der Waals surface area contributed by atoms with Crippen molar-refractivity contribution >= 4 is 0 Å². The minimum Gasteiger partial charge on any atom is -0.493 e. The van der Waals surface area contributed by atoms with Crippen LogP contribution in [0.4, 0.5) is 8.78 Å². The zero-order chi connectivity index (χ0) is 16.5. The van der Waals surface area contributed by atoms with Gasteiger partial charge in [-0.25, -0.2) is 0 Å². The van der Waals surface area contributed by atoms with Crippen LogP contribution in [0.25, 0.3) is 0 Å². The van der Waals surface area contributed by atoms with Gasteiger partial charge in [0.25, 0.3) is 0 Å². The van der Waals surface area contributed by atoms with E-state index in [-0.39, 0.29) is 11.5 Å². The lowest BCUT2D eigenvalue weighted by atomic mass is 10.2. The highest BCUT2D eigenvalue weighted by Gasteiger charge is 2.10. The van der Waals surface area contributed by atoms with Gasteiger partial charge < -0.3 is 19.5 Å². The Morgan fingerprint density at radius 3 is 2.52 bits per heavy atom. The van der Waals surface area contributed by atoms with Crippen LogP contribution >= 0.6 is 0 Å². The van der Waals surface area contributed by atoms with Crippen molar-refractivity contribution < 1.29 is 23.0 Å². The third kappa shape index (κ3) is 5.75. The van der Waals surface area contributed by atoms with E-state index in [0.29, 0.717) is 19.7 Å². The summed E-state index contributed by atoms with van der Waals surface area (Å²) in [6.45, 7) is -1.10. The van der Waals surface area contributed by atoms with Crippen molar-refractivity contribution in [3.05, 3.63) is 54.1 Å². The molecule has 0 amide bonds. The molecular formula is C17H19F2NO3. The Morgan fingerprint density at radius 2 is 1.83 bits per heavy atom. The molecule has 23 heavy (non-hydrogen) atoms. The highest BCUT2D eigenvalue weighted by Crippen LogP contribution is 2.29. The van der Waals surface area contributed by atoms with Crippen LogP contribution in [0.1, 0.15) is 5.56 Å². The molecule has 0 unspecified atom stereocenters. The van der Waals surface area contributed by atoms with Crippen molar-refractivity contribution in [3.63, 3.8) is 0 Å². The summed E-state index contributed by atoms with van der Waals surface area (Å²) in [6.07, 6.45) is 0. The minimum absolute atomic E-state index is 0.0265. The van der Waals surface area contributed by atoms with E-state index in [9.17, 15) is 8.78 Å². The van der Waals surface area contributed by atoms with Gasteiger partial charge in [0.05, 0.1) is 7.11 Å². The second-order valence-corrected chi connectivity index (χ2v) is 4.70. The van der Waals surface area contributed by atoms with Crippen molar-refractivity contribution in [2.75, 3.05) is 20.3 Å². The van der Waals surface area contributed by atoms with Crippen molar-refractivity contribution in [1.29, 1.82) is 0 Å². The molecule has 6 heteroatoms. The van der Waals surface area contributed by atoms with Crippen molar-refractivity contribution in [2.45, 2.75) is 13.2 Å². The van der Waals surface area contributed by atoms with Crippen LogP contribution < -0.4 is 19.5 Å². The first kappa shape index (κ1) is 17.0. The normalized spacial score (nSPS) is 10.6. The van der Waals surface area contributed by atoms with Crippen molar-refractivity contribution in [1.82, 2.24) is 5.32 Å². The van der Waals surface area contributed by atoms with Gasteiger partial charge in [-0.2, -0.15) is 8.78 Å². The number of nitrogens with one attached hydrogen (secondary N) is 1. The number of rotatable bonds is 9. The molecular weight excluding hydrogens is 304 g/mol. The maximum atomic E-state index is 12.3. The summed E-state index contributed by atoms with van der Waals surface area (Å²) in [5.41, 5.74) is 0.906. The van der Waals surface area contributed by atoms with E-state index in [2.05, 4.69) is 10.1 Å². The van der Waals surface area contributed by atoms with Gasteiger partial charge in [0.15, 0.2) is 11.5 Å². The van der Waals surface area contributed by atoms with Gasteiger partial charge in [-0.05, 0) is 29.8 Å². The van der Waals surface area contributed by atoms with Crippen molar-refractivity contribution in [3.8, 4) is 17.2 Å². The van der Waals surface area contributed by atoms with Gasteiger partial charge in [0.2, 0.25) is 0 Å². The molecule has 1 N–H and O–H groups in total. The number of halogens is 2. The molecule has 0 aliphatic heterocycles. The molecule has 124 valence electrons. The van der Waals surface area contributed by atoms with Gasteiger partial charge in [0.1, 0.15) is 12.4 Å². The molecule has 0 saturated carbocycles. The average molecular weight is 323 g/mol. The molecule has 0 atom stereocenters. The molecule has 0 aliphatic carbocycles. The van der Waals surface area contributed by atoms with Gasteiger partial charge >= 0.3 is 6.61 Å². The maximum Gasteiger partial charge on any atom is 0.387 e. The van der Waals surface area contributed by atoms with Crippen LogP contribution in [-0.2, 0) is 6.54 Å². The number of ether oxygens (including phenoxy) is 3. The van der Waals surface area contributed by atoms with E-state index in [4.69, 9.17) is 9.47 Å². The lowest BCUT2D eigenvalue weighted by Crippen LogP contribution is -2.20. The Hall–Kier alpha value is -2.34. The first-order valence-corrected chi connectivity index (χ1v) is 7.19. The maximum absolute atomic E-state index is 12.3. The topological polar surface area (TPSA) is 39.7 Å². The fraction of sp³-hybridized carbons (Fsp3) is 0.294. The third-order valence-corrected chi connectivity index (χ3v) is 3.06. The molecule has 0 heterocycles. The molecule has 0 aromatic heterocycles. The SMILES string of the molecule is COc1cc(CNCCOc2ccccc2)ccc1OC(F)F. The summed E-state index contributed by atoms with van der Waals surface area (Å²) in [5, 5.41) is 3.21. The van der Waals surface area contributed by atoms with Crippen molar-refractivity contribution in [2.24, 2.45) is 0 Å². The molecule has 0 spiro atoms. The standard InChI is InChI=1S/C17H19F2NO3/c1-21-16-11-13(7-8-15(16)23-17(18)19)12-20-9-10-22-14-5-3-2-4-6-14/h2-8,11,17,20H,9-10,12H2,1H3. The number of alkyl halides is 2. The van der Waals surface area contributed by atoms with E-state index in [1.165, 1.54) is 13.2 Å². The van der Waals surface area contributed by atoms with Crippen LogP contribution in [0.2, 0.25) is 0 Å². The third-order valence-electron chi connectivity index (χ3n) is 3.06. The smallest absolute Gasteiger partial charge is 0.387 e. The van der Waals surface area contributed by atoms with Crippen LogP contribution in [0, 0.1) is 0 Å². The first-order valence-electron chi connectivity index (χ1n) is 7.19. The Morgan fingerprint density at radius 1 is 1.04 bits per heavy atom. The molecule has 2 aromatic carbocycles. The minimum atomic E-state index is -2.87. The van der Waals surface area contributed by atoms with Gasteiger partial charge in [-0.15, -0.1) is 0 Å². The van der Waals surface area contributed by atoms with Crippen LogP contribution in [0.15, 0.2) is 48.5 Å². The number of hydrogen-bond acceptors (Lipinski definition) is 4. The van der Waals surface area contributed by atoms with Crippen LogP contribution in [-0.4, -0.2) is 26.9 Å². The Kier molecular flexibility index (Phi) is 6.62. The fourth-order valence-corrected chi connectivity index (χ4v) is 2.01. The summed E-state index contributed by atoms with van der Waals surface area (Å²) in [7, 11) is 1.42. The number of methoxy groups -OCH3 is 1. The monoisotopic (exact) mass is 323 g/mol. The highest BCUT2D eigenvalue weighted by atomic mass is 19.3. The van der Waals surface area contributed by atoms with E-state index >= 15 is 0 Å². The number of benzene rings is 2. The summed E-state index contributed by atoms with van der Waals surface area (Å²) in [6, 6.07) is 14.4. The lowest BCUT2D eigenvalue weighted by molar-refractivity contribution is -0.0512. The molecule has 4 nitrogen and oxygen atoms in total. The van der Waals surface area contributed by atoms with E-state index in [0.717, 1.165) is 11.3 Å². The molecule has 0 aliphatic rings. The van der Waals surface area contributed by atoms with Crippen LogP contribution in [0.3, 0.4) is 0 Å². The molecule has 0 fully saturated rings. The molecule has 0 bridgehead atoms. The van der Waals surface area contributed by atoms with Crippen LogP contribution in [0.5, 0.6) is 17.2 Å².